The van der Waals surface area contributed by atoms with E-state index >= 15 is 0 Å². The molecule has 0 saturated carbocycles. The van der Waals surface area contributed by atoms with E-state index in [1.807, 2.05) is 0 Å². The number of carboxylic acid groups (broad SMARTS) is 1. The summed E-state index contributed by atoms with van der Waals surface area (Å²) in [5, 5.41) is 20.1. The van der Waals surface area contributed by atoms with Crippen molar-refractivity contribution in [2.75, 3.05) is 5.32 Å². The Balaban J connectivity index is 2.39. The standard InChI is InChI=1S/C11H14N2O4/c12-9(11(16)17)5-6-10(15)13-7-1-3-8(14)4-2-7/h1-4,9,14H,5-6,12H2,(H,13,15)(H,16,17)/t9-/m0/s1. The second-order valence-corrected chi connectivity index (χ2v) is 3.58. The molecule has 0 saturated heterocycles. The van der Waals surface area contributed by atoms with Crippen LogP contribution in [0.3, 0.4) is 0 Å². The van der Waals surface area contributed by atoms with Gasteiger partial charge in [-0.2, -0.15) is 0 Å². The number of carboxylic acids is 1. The Labute approximate surface area is 98.1 Å². The van der Waals surface area contributed by atoms with E-state index in [0.29, 0.717) is 5.69 Å². The van der Waals surface area contributed by atoms with Crippen LogP contribution >= 0.6 is 0 Å². The summed E-state index contributed by atoms with van der Waals surface area (Å²) < 4.78 is 0. The molecule has 1 aromatic carbocycles. The Bertz CT molecular complexity index is 402. The zero-order chi connectivity index (χ0) is 12.8. The minimum absolute atomic E-state index is 0.0361. The highest BCUT2D eigenvalue weighted by Gasteiger charge is 2.13. The van der Waals surface area contributed by atoms with Crippen LogP contribution in [-0.2, 0) is 9.59 Å². The number of phenols is 1. The molecule has 1 amide bonds. The van der Waals surface area contributed by atoms with Gasteiger partial charge in [0.05, 0.1) is 0 Å². The number of hydrogen-bond donors (Lipinski definition) is 4. The summed E-state index contributed by atoms with van der Waals surface area (Å²) in [5.41, 5.74) is 5.80. The first-order valence-corrected chi connectivity index (χ1v) is 5.06. The Morgan fingerprint density at radius 1 is 1.29 bits per heavy atom. The van der Waals surface area contributed by atoms with Crippen molar-refractivity contribution in [1.82, 2.24) is 0 Å². The van der Waals surface area contributed by atoms with Gasteiger partial charge < -0.3 is 21.3 Å². The summed E-state index contributed by atoms with van der Waals surface area (Å²) in [5.74, 6) is -1.33. The van der Waals surface area contributed by atoms with E-state index in [-0.39, 0.29) is 24.5 Å². The van der Waals surface area contributed by atoms with Crippen LogP contribution in [0.25, 0.3) is 0 Å². The maximum Gasteiger partial charge on any atom is 0.320 e. The number of carbonyl (C=O) groups is 2. The quantitative estimate of drug-likeness (QED) is 0.559. The van der Waals surface area contributed by atoms with Gasteiger partial charge in [-0.1, -0.05) is 0 Å². The molecule has 17 heavy (non-hydrogen) atoms. The molecule has 0 aliphatic rings. The van der Waals surface area contributed by atoms with Gasteiger partial charge in [0.2, 0.25) is 5.91 Å². The second kappa shape index (κ2) is 5.86. The number of amides is 1. The van der Waals surface area contributed by atoms with Crippen molar-refractivity contribution in [3.63, 3.8) is 0 Å². The monoisotopic (exact) mass is 238 g/mol. The number of hydrogen-bond acceptors (Lipinski definition) is 4. The molecule has 6 heteroatoms. The van der Waals surface area contributed by atoms with Crippen molar-refractivity contribution in [2.24, 2.45) is 5.73 Å². The second-order valence-electron chi connectivity index (χ2n) is 3.58. The normalized spacial score (nSPS) is 11.8. The lowest BCUT2D eigenvalue weighted by Gasteiger charge is -2.07. The largest absolute Gasteiger partial charge is 0.508 e. The summed E-state index contributed by atoms with van der Waals surface area (Å²) in [6.07, 6.45) is 0.119. The van der Waals surface area contributed by atoms with Crippen LogP contribution in [0.2, 0.25) is 0 Å². The van der Waals surface area contributed by atoms with Gasteiger partial charge in [-0.15, -0.1) is 0 Å². The number of nitrogens with two attached hydrogens (primary N) is 1. The van der Waals surface area contributed by atoms with E-state index < -0.39 is 12.0 Å². The lowest BCUT2D eigenvalue weighted by Crippen LogP contribution is -2.31. The van der Waals surface area contributed by atoms with Crippen LogP contribution < -0.4 is 11.1 Å². The molecule has 0 aromatic heterocycles. The fourth-order valence-corrected chi connectivity index (χ4v) is 1.18. The van der Waals surface area contributed by atoms with Gasteiger partial charge in [0.25, 0.3) is 0 Å². The topological polar surface area (TPSA) is 113 Å². The fraction of sp³-hybridized carbons (Fsp3) is 0.273. The number of nitrogens with one attached hydrogen (secondary N) is 1. The Morgan fingerprint density at radius 3 is 2.41 bits per heavy atom. The molecule has 1 rings (SSSR count). The van der Waals surface area contributed by atoms with Crippen LogP contribution in [0.5, 0.6) is 5.75 Å². The zero-order valence-corrected chi connectivity index (χ0v) is 9.09. The fourth-order valence-electron chi connectivity index (χ4n) is 1.18. The van der Waals surface area contributed by atoms with E-state index in [0.717, 1.165) is 0 Å². The van der Waals surface area contributed by atoms with Crippen molar-refractivity contribution in [3.8, 4) is 5.75 Å². The molecule has 0 fully saturated rings. The average Bonchev–Trinajstić information content (AvgIpc) is 2.29. The van der Waals surface area contributed by atoms with Gasteiger partial charge >= 0.3 is 5.97 Å². The highest BCUT2D eigenvalue weighted by atomic mass is 16.4. The van der Waals surface area contributed by atoms with E-state index in [1.165, 1.54) is 12.1 Å². The molecule has 0 aliphatic heterocycles. The number of phenolic OH excluding ortho intramolecular Hbond substituents is 1. The molecule has 92 valence electrons. The maximum atomic E-state index is 11.4. The molecule has 1 atom stereocenters. The van der Waals surface area contributed by atoms with Crippen molar-refractivity contribution in [2.45, 2.75) is 18.9 Å². The summed E-state index contributed by atoms with van der Waals surface area (Å²) in [6.45, 7) is 0. The van der Waals surface area contributed by atoms with Crippen molar-refractivity contribution >= 4 is 17.6 Å². The Kier molecular flexibility index (Phi) is 4.47. The van der Waals surface area contributed by atoms with Gasteiger partial charge in [-0.3, -0.25) is 9.59 Å². The molecule has 1 aromatic rings. The van der Waals surface area contributed by atoms with E-state index in [2.05, 4.69) is 5.32 Å². The summed E-state index contributed by atoms with van der Waals surface area (Å²) in [6, 6.07) is 4.95. The van der Waals surface area contributed by atoms with Gasteiger partial charge in [0.15, 0.2) is 0 Å². The Morgan fingerprint density at radius 2 is 1.88 bits per heavy atom. The molecule has 0 radical (unpaired) electrons. The van der Waals surface area contributed by atoms with Crippen LogP contribution in [0.1, 0.15) is 12.8 Å². The minimum atomic E-state index is -1.12. The number of benzene rings is 1. The molecule has 0 aliphatic carbocycles. The summed E-state index contributed by atoms with van der Waals surface area (Å²) in [7, 11) is 0. The van der Waals surface area contributed by atoms with Gasteiger partial charge in [0, 0.05) is 12.1 Å². The molecular formula is C11H14N2O4. The third-order valence-corrected chi connectivity index (χ3v) is 2.15. The smallest absolute Gasteiger partial charge is 0.320 e. The first-order valence-electron chi connectivity index (χ1n) is 5.06. The van der Waals surface area contributed by atoms with E-state index in [9.17, 15) is 9.59 Å². The van der Waals surface area contributed by atoms with Gasteiger partial charge in [-0.05, 0) is 30.7 Å². The average molecular weight is 238 g/mol. The Hall–Kier alpha value is -2.08. The van der Waals surface area contributed by atoms with Crippen molar-refractivity contribution in [3.05, 3.63) is 24.3 Å². The van der Waals surface area contributed by atoms with Gasteiger partial charge in [-0.25, -0.2) is 0 Å². The number of rotatable bonds is 5. The van der Waals surface area contributed by atoms with Gasteiger partial charge in [0.1, 0.15) is 11.8 Å². The third kappa shape index (κ3) is 4.52. The van der Waals surface area contributed by atoms with Crippen molar-refractivity contribution < 1.29 is 19.8 Å². The molecule has 0 spiro atoms. The highest BCUT2D eigenvalue weighted by Crippen LogP contribution is 2.14. The third-order valence-electron chi connectivity index (χ3n) is 2.15. The van der Waals surface area contributed by atoms with E-state index in [4.69, 9.17) is 15.9 Å². The predicted molar refractivity (Wildman–Crippen MR) is 61.6 cm³/mol. The maximum absolute atomic E-state index is 11.4. The van der Waals surface area contributed by atoms with Crippen LogP contribution in [0.15, 0.2) is 24.3 Å². The van der Waals surface area contributed by atoms with Crippen molar-refractivity contribution in [1.29, 1.82) is 0 Å². The number of carbonyl (C=O) groups excluding carboxylic acids is 1. The predicted octanol–water partition coefficient (Wildman–Crippen LogP) is 0.523. The molecule has 0 bridgehead atoms. The SMILES string of the molecule is N[C@@H](CCC(=O)Nc1ccc(O)cc1)C(=O)O. The summed E-state index contributed by atoms with van der Waals surface area (Å²) in [4.78, 5) is 21.8. The van der Waals surface area contributed by atoms with E-state index in [1.54, 1.807) is 12.1 Å². The molecule has 6 nitrogen and oxygen atoms in total. The first kappa shape index (κ1) is 13.0. The molecule has 0 heterocycles. The highest BCUT2D eigenvalue weighted by molar-refractivity contribution is 5.91. The lowest BCUT2D eigenvalue weighted by molar-refractivity contribution is -0.138. The number of anilines is 1. The van der Waals surface area contributed by atoms with Crippen LogP contribution in [-0.4, -0.2) is 28.1 Å². The lowest BCUT2D eigenvalue weighted by atomic mass is 10.1. The zero-order valence-electron chi connectivity index (χ0n) is 9.09. The van der Waals surface area contributed by atoms with Crippen LogP contribution in [0, 0.1) is 0 Å². The molecular weight excluding hydrogens is 224 g/mol. The minimum Gasteiger partial charge on any atom is -0.508 e. The number of aromatic hydroxyl groups is 1. The first-order chi connectivity index (χ1) is 7.99. The molecule has 0 unspecified atom stereocenters. The van der Waals surface area contributed by atoms with Crippen LogP contribution in [0.4, 0.5) is 5.69 Å². The number of aliphatic carboxylic acids is 1. The molecule has 5 N–H and O–H groups in total. The summed E-state index contributed by atoms with van der Waals surface area (Å²) >= 11 is 0.